The van der Waals surface area contributed by atoms with E-state index < -0.39 is 12.1 Å². The van der Waals surface area contributed by atoms with Gasteiger partial charge in [0.05, 0.1) is 22.2 Å². The third-order valence-electron chi connectivity index (χ3n) is 5.60. The van der Waals surface area contributed by atoms with Gasteiger partial charge in [0.2, 0.25) is 5.91 Å². The summed E-state index contributed by atoms with van der Waals surface area (Å²) in [5.74, 6) is -0.231. The van der Waals surface area contributed by atoms with E-state index in [2.05, 4.69) is 28.5 Å². The maximum Gasteiger partial charge on any atom is 0.254 e. The highest BCUT2D eigenvalue weighted by atomic mass is 32.1. The summed E-state index contributed by atoms with van der Waals surface area (Å²) in [5, 5.41) is 13.1. The lowest BCUT2D eigenvalue weighted by atomic mass is 9.95. The van der Waals surface area contributed by atoms with Gasteiger partial charge in [-0.3, -0.25) is 9.59 Å². The van der Waals surface area contributed by atoms with E-state index in [1.165, 1.54) is 15.4 Å². The Kier molecular flexibility index (Phi) is 6.11. The van der Waals surface area contributed by atoms with Gasteiger partial charge in [-0.25, -0.2) is 4.98 Å². The minimum atomic E-state index is -0.684. The monoisotopic (exact) mass is 423 g/mol. The van der Waals surface area contributed by atoms with Gasteiger partial charge in [-0.15, -0.1) is 11.3 Å². The predicted octanol–water partition coefficient (Wildman–Crippen LogP) is 2.80. The average Bonchev–Trinajstić information content (AvgIpc) is 3.38. The zero-order chi connectivity index (χ0) is 21.1. The second-order valence-electron chi connectivity index (χ2n) is 7.76. The van der Waals surface area contributed by atoms with Gasteiger partial charge in [0.1, 0.15) is 6.04 Å². The number of β-amino-alcohol motifs (C(OH)–C–C–N with tert-alkyl or cyclic N) is 1. The molecule has 1 aromatic carbocycles. The Balaban J connectivity index is 1.34. The first kappa shape index (κ1) is 20.5. The molecule has 7 heteroatoms. The largest absolute Gasteiger partial charge is 0.391 e. The highest BCUT2D eigenvalue weighted by molar-refractivity contribution is 7.11. The van der Waals surface area contributed by atoms with Crippen molar-refractivity contribution >= 4 is 28.7 Å². The number of aryl methyl sites for hydroxylation is 1. The van der Waals surface area contributed by atoms with Crippen molar-refractivity contribution in [2.45, 2.75) is 31.9 Å². The number of nitrogens with one attached hydrogen (secondary N) is 1. The lowest BCUT2D eigenvalue weighted by Crippen LogP contribution is -2.46. The van der Waals surface area contributed by atoms with Crippen molar-refractivity contribution in [2.75, 3.05) is 13.1 Å². The van der Waals surface area contributed by atoms with E-state index in [-0.39, 0.29) is 30.7 Å². The van der Waals surface area contributed by atoms with Crippen molar-refractivity contribution in [1.82, 2.24) is 15.2 Å². The number of aliphatic hydroxyl groups is 1. The van der Waals surface area contributed by atoms with Crippen LogP contribution in [0.1, 0.15) is 33.8 Å². The predicted molar refractivity (Wildman–Crippen MR) is 117 cm³/mol. The van der Waals surface area contributed by atoms with E-state index in [1.54, 1.807) is 35.6 Å². The summed E-state index contributed by atoms with van der Waals surface area (Å²) < 4.78 is 0. The van der Waals surface area contributed by atoms with Crippen LogP contribution >= 0.6 is 11.3 Å². The number of carbonyl (C=O) groups excluding carboxylic acids is 2. The smallest absolute Gasteiger partial charge is 0.254 e. The van der Waals surface area contributed by atoms with E-state index in [1.807, 2.05) is 18.5 Å². The summed E-state index contributed by atoms with van der Waals surface area (Å²) >= 11 is 1.63. The first-order chi connectivity index (χ1) is 14.5. The van der Waals surface area contributed by atoms with Crippen LogP contribution in [0.5, 0.6) is 0 Å². The average molecular weight is 424 g/mol. The normalized spacial score (nSPS) is 23.3. The minimum absolute atomic E-state index is 0.176. The Morgan fingerprint density at radius 2 is 2.10 bits per heavy atom. The number of hydrogen-bond acceptors (Lipinski definition) is 5. The lowest BCUT2D eigenvalue weighted by molar-refractivity contribution is -0.125. The summed E-state index contributed by atoms with van der Waals surface area (Å²) in [7, 11) is 0. The second kappa shape index (κ2) is 8.93. The Bertz CT molecular complexity index is 983. The van der Waals surface area contributed by atoms with Crippen molar-refractivity contribution in [3.63, 3.8) is 0 Å². The number of allylic oxidation sites excluding steroid dienone is 3. The van der Waals surface area contributed by atoms with Crippen LogP contribution in [0.2, 0.25) is 0 Å². The van der Waals surface area contributed by atoms with Crippen molar-refractivity contribution in [3.05, 3.63) is 70.2 Å². The molecule has 30 heavy (non-hydrogen) atoms. The Labute approximate surface area is 179 Å². The number of thiazole rings is 1. The van der Waals surface area contributed by atoms with Crippen LogP contribution in [0.15, 0.2) is 54.1 Å². The third kappa shape index (κ3) is 4.37. The molecule has 2 aromatic rings. The summed E-state index contributed by atoms with van der Waals surface area (Å²) in [5.41, 5.74) is 4.59. The first-order valence-corrected chi connectivity index (χ1v) is 11.0. The molecule has 0 saturated carbocycles. The van der Waals surface area contributed by atoms with Gasteiger partial charge in [0, 0.05) is 25.1 Å². The van der Waals surface area contributed by atoms with E-state index in [4.69, 9.17) is 0 Å². The van der Waals surface area contributed by atoms with Crippen LogP contribution in [-0.4, -0.2) is 52.0 Å². The quantitative estimate of drug-likeness (QED) is 0.775. The second-order valence-corrected chi connectivity index (χ2v) is 8.61. The summed E-state index contributed by atoms with van der Waals surface area (Å²) in [4.78, 5) is 32.6. The summed E-state index contributed by atoms with van der Waals surface area (Å²) in [6.45, 7) is 2.68. The van der Waals surface area contributed by atoms with Crippen molar-refractivity contribution < 1.29 is 14.7 Å². The van der Waals surface area contributed by atoms with Crippen LogP contribution in [0, 0.1) is 12.8 Å². The van der Waals surface area contributed by atoms with Gasteiger partial charge >= 0.3 is 0 Å². The number of hydrogen-bond donors (Lipinski definition) is 2. The minimum Gasteiger partial charge on any atom is -0.391 e. The molecule has 2 aliphatic rings. The summed E-state index contributed by atoms with van der Waals surface area (Å²) in [6.07, 6.45) is 6.80. The maximum atomic E-state index is 12.8. The lowest BCUT2D eigenvalue weighted by Gasteiger charge is -2.25. The maximum absolute atomic E-state index is 12.8. The van der Waals surface area contributed by atoms with Gasteiger partial charge in [-0.05, 0) is 37.0 Å². The van der Waals surface area contributed by atoms with Crippen molar-refractivity contribution in [3.8, 4) is 0 Å². The Hall–Kier alpha value is -2.77. The highest BCUT2D eigenvalue weighted by Crippen LogP contribution is 2.29. The standard InChI is InChI=1S/C23H25N3O3S/c1-15-21(30-14-25-15)17-9-7-16(8-10-17)12-24-22(28)20-11-19(27)13-26(20)23(29)18-5-3-2-4-6-18/h2-7,9-10,14,16,19-20,27H,8,11-13H2,1H3,(H,24,28). The van der Waals surface area contributed by atoms with E-state index in [9.17, 15) is 14.7 Å². The molecule has 0 bridgehead atoms. The molecule has 0 radical (unpaired) electrons. The number of carbonyl (C=O) groups is 2. The molecule has 2 N–H and O–H groups in total. The summed E-state index contributed by atoms with van der Waals surface area (Å²) in [6, 6.07) is 8.23. The van der Waals surface area contributed by atoms with Crippen LogP contribution in [0.4, 0.5) is 0 Å². The van der Waals surface area contributed by atoms with E-state index >= 15 is 0 Å². The van der Waals surface area contributed by atoms with Crippen LogP contribution in [0.25, 0.3) is 5.57 Å². The highest BCUT2D eigenvalue weighted by Gasteiger charge is 2.39. The zero-order valence-corrected chi connectivity index (χ0v) is 17.6. The molecule has 2 amide bonds. The van der Waals surface area contributed by atoms with E-state index in [0.29, 0.717) is 12.1 Å². The van der Waals surface area contributed by atoms with E-state index in [0.717, 1.165) is 12.1 Å². The molecule has 1 fully saturated rings. The number of amides is 2. The van der Waals surface area contributed by atoms with Crippen LogP contribution in [-0.2, 0) is 4.79 Å². The topological polar surface area (TPSA) is 82.5 Å². The molecule has 156 valence electrons. The fraction of sp³-hybridized carbons (Fsp3) is 0.348. The molecule has 3 unspecified atom stereocenters. The molecule has 1 aromatic heterocycles. The molecule has 2 heterocycles. The SMILES string of the molecule is Cc1ncsc1C1=CCC(CNC(=O)C2CC(O)CN2C(=O)c2ccccc2)C=C1. The Morgan fingerprint density at radius 3 is 2.77 bits per heavy atom. The fourth-order valence-corrected chi connectivity index (χ4v) is 4.77. The van der Waals surface area contributed by atoms with Crippen molar-refractivity contribution in [1.29, 1.82) is 0 Å². The number of nitrogens with zero attached hydrogens (tertiary/aromatic N) is 2. The molecule has 0 spiro atoms. The van der Waals surface area contributed by atoms with Gasteiger partial charge in [-0.2, -0.15) is 0 Å². The number of likely N-dealkylation sites (tertiary alicyclic amines) is 1. The molecule has 4 rings (SSSR count). The number of aliphatic hydroxyl groups excluding tert-OH is 1. The molecule has 6 nitrogen and oxygen atoms in total. The Morgan fingerprint density at radius 1 is 1.30 bits per heavy atom. The number of rotatable bonds is 5. The van der Waals surface area contributed by atoms with Crippen LogP contribution in [0.3, 0.4) is 0 Å². The number of benzene rings is 1. The molecule has 1 saturated heterocycles. The van der Waals surface area contributed by atoms with Gasteiger partial charge in [0.15, 0.2) is 0 Å². The van der Waals surface area contributed by atoms with Crippen molar-refractivity contribution in [2.24, 2.45) is 5.92 Å². The zero-order valence-electron chi connectivity index (χ0n) is 16.8. The van der Waals surface area contributed by atoms with Gasteiger partial charge in [0.25, 0.3) is 5.91 Å². The van der Waals surface area contributed by atoms with Crippen LogP contribution < -0.4 is 5.32 Å². The first-order valence-electron chi connectivity index (χ1n) is 10.1. The van der Waals surface area contributed by atoms with Gasteiger partial charge < -0.3 is 15.3 Å². The molecular formula is C23H25N3O3S. The fourth-order valence-electron chi connectivity index (χ4n) is 3.95. The van der Waals surface area contributed by atoms with Gasteiger partial charge in [-0.1, -0.05) is 36.4 Å². The molecule has 1 aliphatic heterocycles. The third-order valence-corrected chi connectivity index (χ3v) is 6.58. The molecule has 3 atom stereocenters. The molecular weight excluding hydrogens is 398 g/mol. The number of aromatic nitrogens is 1. The molecule has 1 aliphatic carbocycles.